The minimum absolute atomic E-state index is 0.100. The van der Waals surface area contributed by atoms with Crippen molar-refractivity contribution < 1.29 is 44.6 Å². The highest BCUT2D eigenvalue weighted by molar-refractivity contribution is 5.36. The average Bonchev–Trinajstić information content (AvgIpc) is 2.80. The first-order chi connectivity index (χ1) is 17.4. The van der Waals surface area contributed by atoms with Gasteiger partial charge in [-0.3, -0.25) is 0 Å². The largest absolute Gasteiger partial charge is 0.573 e. The van der Waals surface area contributed by atoms with Gasteiger partial charge in [0.1, 0.15) is 11.6 Å². The van der Waals surface area contributed by atoms with Crippen molar-refractivity contribution in [1.82, 2.24) is 0 Å². The van der Waals surface area contributed by atoms with E-state index >= 15 is 0 Å². The molecule has 0 N–H and O–H groups in total. The van der Waals surface area contributed by atoms with Gasteiger partial charge >= 0.3 is 12.5 Å². The quantitative estimate of drug-likeness (QED) is 0.210. The van der Waals surface area contributed by atoms with Crippen LogP contribution in [-0.4, -0.2) is 6.36 Å². The summed E-state index contributed by atoms with van der Waals surface area (Å²) in [6.07, 6.45) is 1.12. The standard InChI is InChI=1S/C27H30F8O2/c1-2-3-4-5-17-6-8-18(9-7-17)10-11-19-12-13-21(22(28)14-19)26(31,32)36-20-15-23(29)25(24(30)16-20)37-27(33,34)35/h12-18H,2-11H2,1H3/t17-,18-. The molecule has 1 aliphatic carbocycles. The molecule has 0 bridgehead atoms. The van der Waals surface area contributed by atoms with Crippen LogP contribution >= 0.6 is 0 Å². The van der Waals surface area contributed by atoms with E-state index < -0.39 is 47.0 Å². The highest BCUT2D eigenvalue weighted by atomic mass is 19.4. The van der Waals surface area contributed by atoms with Crippen LogP contribution < -0.4 is 9.47 Å². The number of alkyl halides is 5. The number of hydrogen-bond donors (Lipinski definition) is 0. The van der Waals surface area contributed by atoms with Crippen LogP contribution in [0.4, 0.5) is 35.1 Å². The van der Waals surface area contributed by atoms with E-state index in [0.29, 0.717) is 17.9 Å². The van der Waals surface area contributed by atoms with Gasteiger partial charge in [0.2, 0.25) is 5.75 Å². The van der Waals surface area contributed by atoms with Crippen LogP contribution in [0.2, 0.25) is 0 Å². The zero-order valence-electron chi connectivity index (χ0n) is 20.5. The van der Waals surface area contributed by atoms with E-state index in [1.54, 1.807) is 0 Å². The van der Waals surface area contributed by atoms with E-state index in [1.807, 2.05) is 0 Å². The van der Waals surface area contributed by atoms with Gasteiger partial charge in [-0.1, -0.05) is 64.4 Å². The number of rotatable bonds is 11. The van der Waals surface area contributed by atoms with Gasteiger partial charge < -0.3 is 9.47 Å². The van der Waals surface area contributed by atoms with Crippen molar-refractivity contribution in [2.75, 3.05) is 0 Å². The second kappa shape index (κ2) is 12.3. The topological polar surface area (TPSA) is 18.5 Å². The van der Waals surface area contributed by atoms with Crippen LogP contribution in [-0.2, 0) is 12.5 Å². The van der Waals surface area contributed by atoms with Crippen molar-refractivity contribution in [2.24, 2.45) is 11.8 Å². The first-order valence-corrected chi connectivity index (χ1v) is 12.5. The molecule has 0 amide bonds. The second-order valence-corrected chi connectivity index (χ2v) is 9.62. The number of benzene rings is 2. The molecule has 0 saturated heterocycles. The zero-order valence-corrected chi connectivity index (χ0v) is 20.5. The van der Waals surface area contributed by atoms with Crippen molar-refractivity contribution in [3.05, 3.63) is 58.9 Å². The van der Waals surface area contributed by atoms with Crippen LogP contribution in [0.1, 0.15) is 75.8 Å². The second-order valence-electron chi connectivity index (χ2n) is 9.62. The van der Waals surface area contributed by atoms with Crippen molar-refractivity contribution >= 4 is 0 Å². The predicted octanol–water partition coefficient (Wildman–Crippen LogP) is 9.45. The molecule has 37 heavy (non-hydrogen) atoms. The molecule has 3 rings (SSSR count). The molecule has 1 saturated carbocycles. The van der Waals surface area contributed by atoms with E-state index in [2.05, 4.69) is 16.4 Å². The summed E-state index contributed by atoms with van der Waals surface area (Å²) in [5.74, 6) is -6.77. The van der Waals surface area contributed by atoms with Crippen molar-refractivity contribution in [3.8, 4) is 11.5 Å². The van der Waals surface area contributed by atoms with Gasteiger partial charge in [-0.25, -0.2) is 13.2 Å². The summed E-state index contributed by atoms with van der Waals surface area (Å²) in [5, 5.41) is 0. The van der Waals surface area contributed by atoms with E-state index in [-0.39, 0.29) is 12.1 Å². The molecule has 0 spiro atoms. The molecule has 0 aliphatic heterocycles. The maximum atomic E-state index is 14.6. The lowest BCUT2D eigenvalue weighted by atomic mass is 9.78. The number of ether oxygens (including phenoxy) is 2. The molecule has 0 aromatic heterocycles. The molecular formula is C27H30F8O2. The van der Waals surface area contributed by atoms with Gasteiger partial charge in [0.25, 0.3) is 0 Å². The molecular weight excluding hydrogens is 508 g/mol. The van der Waals surface area contributed by atoms with Crippen LogP contribution in [0.3, 0.4) is 0 Å². The van der Waals surface area contributed by atoms with E-state index in [9.17, 15) is 35.1 Å². The molecule has 10 heteroatoms. The third-order valence-electron chi connectivity index (χ3n) is 6.81. The molecule has 1 fully saturated rings. The Morgan fingerprint density at radius 2 is 1.35 bits per heavy atom. The van der Waals surface area contributed by atoms with Crippen molar-refractivity contribution in [3.63, 3.8) is 0 Å². The summed E-state index contributed by atoms with van der Waals surface area (Å²) in [6.45, 7) is 2.18. The van der Waals surface area contributed by atoms with E-state index in [4.69, 9.17) is 0 Å². The highest BCUT2D eigenvalue weighted by Gasteiger charge is 2.39. The monoisotopic (exact) mass is 538 g/mol. The van der Waals surface area contributed by atoms with Crippen LogP contribution in [0.5, 0.6) is 11.5 Å². The minimum Gasteiger partial charge on any atom is -0.429 e. The van der Waals surface area contributed by atoms with E-state index in [0.717, 1.165) is 37.3 Å². The highest BCUT2D eigenvalue weighted by Crippen LogP contribution is 2.38. The summed E-state index contributed by atoms with van der Waals surface area (Å²) in [6, 6.07) is 3.35. The lowest BCUT2D eigenvalue weighted by Gasteiger charge is -2.28. The summed E-state index contributed by atoms with van der Waals surface area (Å²) >= 11 is 0. The predicted molar refractivity (Wildman–Crippen MR) is 122 cm³/mol. The molecule has 2 nitrogen and oxygen atoms in total. The van der Waals surface area contributed by atoms with Crippen LogP contribution in [0, 0.1) is 29.3 Å². The normalized spacial score (nSPS) is 18.6. The zero-order chi connectivity index (χ0) is 27.2. The number of halogens is 8. The fourth-order valence-corrected chi connectivity index (χ4v) is 4.82. The summed E-state index contributed by atoms with van der Waals surface area (Å²) < 4.78 is 116. The molecule has 1 aliphatic rings. The third kappa shape index (κ3) is 8.50. The maximum Gasteiger partial charge on any atom is 0.573 e. The Balaban J connectivity index is 1.58. The number of unbranched alkanes of at least 4 members (excludes halogenated alkanes) is 2. The molecule has 0 unspecified atom stereocenters. The molecule has 0 heterocycles. The van der Waals surface area contributed by atoms with Crippen LogP contribution in [0.25, 0.3) is 0 Å². The van der Waals surface area contributed by atoms with Crippen molar-refractivity contribution in [1.29, 1.82) is 0 Å². The Morgan fingerprint density at radius 1 is 0.757 bits per heavy atom. The molecule has 206 valence electrons. The Labute approximate surface area is 211 Å². The number of aryl methyl sites for hydroxylation is 1. The van der Waals surface area contributed by atoms with Gasteiger partial charge in [-0.05, 0) is 42.4 Å². The number of hydrogen-bond acceptors (Lipinski definition) is 2. The van der Waals surface area contributed by atoms with Gasteiger partial charge in [0.15, 0.2) is 11.6 Å². The maximum absolute atomic E-state index is 14.6. The first kappa shape index (κ1) is 29.0. The third-order valence-corrected chi connectivity index (χ3v) is 6.81. The average molecular weight is 539 g/mol. The summed E-state index contributed by atoms with van der Waals surface area (Å²) in [4.78, 5) is 0. The Morgan fingerprint density at radius 3 is 1.89 bits per heavy atom. The van der Waals surface area contributed by atoms with Gasteiger partial charge in [0, 0.05) is 12.1 Å². The van der Waals surface area contributed by atoms with Crippen LogP contribution in [0.15, 0.2) is 30.3 Å². The smallest absolute Gasteiger partial charge is 0.429 e. The lowest BCUT2D eigenvalue weighted by molar-refractivity contribution is -0.276. The van der Waals surface area contributed by atoms with Gasteiger partial charge in [-0.15, -0.1) is 13.2 Å². The molecule has 2 aromatic rings. The Kier molecular flexibility index (Phi) is 9.69. The Hall–Kier alpha value is -2.52. The lowest BCUT2D eigenvalue weighted by Crippen LogP contribution is -2.24. The van der Waals surface area contributed by atoms with Gasteiger partial charge in [-0.2, -0.15) is 8.78 Å². The summed E-state index contributed by atoms with van der Waals surface area (Å²) in [7, 11) is 0. The first-order valence-electron chi connectivity index (χ1n) is 12.5. The molecule has 2 aromatic carbocycles. The summed E-state index contributed by atoms with van der Waals surface area (Å²) in [5.41, 5.74) is -0.631. The van der Waals surface area contributed by atoms with Gasteiger partial charge in [0.05, 0.1) is 5.56 Å². The SMILES string of the molecule is CCCCC[C@H]1CC[C@H](CCc2ccc(C(F)(F)Oc3cc(F)c(OC(F)(F)F)c(F)c3)c(F)c2)CC1. The Bertz CT molecular complexity index is 1010. The minimum atomic E-state index is -5.40. The van der Waals surface area contributed by atoms with Crippen molar-refractivity contribution in [2.45, 2.75) is 83.6 Å². The fourth-order valence-electron chi connectivity index (χ4n) is 4.82. The fraction of sp³-hybridized carbons (Fsp3) is 0.556. The van der Waals surface area contributed by atoms with E-state index in [1.165, 1.54) is 44.6 Å². The molecule has 0 atom stereocenters. The molecule has 0 radical (unpaired) electrons.